The van der Waals surface area contributed by atoms with Gasteiger partial charge in [-0.05, 0) is 56.0 Å². The normalized spacial score (nSPS) is 18.9. The lowest BCUT2D eigenvalue weighted by atomic mass is 10.2. The Hall–Kier alpha value is -1.76. The van der Waals surface area contributed by atoms with Gasteiger partial charge in [-0.1, -0.05) is 24.3 Å². The molecule has 1 aliphatic heterocycles. The molecule has 0 N–H and O–H groups in total. The Morgan fingerprint density at radius 3 is 2.76 bits per heavy atom. The van der Waals surface area contributed by atoms with Crippen molar-refractivity contribution in [1.29, 1.82) is 0 Å². The van der Waals surface area contributed by atoms with Gasteiger partial charge in [-0.15, -0.1) is 11.3 Å². The Bertz CT molecular complexity index is 1010. The molecule has 0 radical (unpaired) electrons. The highest BCUT2D eigenvalue weighted by molar-refractivity contribution is 7.89. The van der Waals surface area contributed by atoms with Crippen molar-refractivity contribution in [2.24, 2.45) is 0 Å². The zero-order chi connectivity index (χ0) is 17.6. The SMILES string of the molecule is Cc1ccc(C)c(S(=O)(=O)N2CCC[C@H]2c2nc3ccccc3s2)c1. The number of aryl methyl sites for hydroxylation is 2. The highest BCUT2D eigenvalue weighted by atomic mass is 32.2. The highest BCUT2D eigenvalue weighted by Gasteiger charge is 2.38. The second kappa shape index (κ2) is 6.20. The number of rotatable bonds is 3. The second-order valence-electron chi connectivity index (χ2n) is 6.56. The number of hydrogen-bond acceptors (Lipinski definition) is 4. The van der Waals surface area contributed by atoms with Crippen LogP contribution >= 0.6 is 11.3 Å². The fraction of sp³-hybridized carbons (Fsp3) is 0.316. The molecule has 1 aliphatic rings. The summed E-state index contributed by atoms with van der Waals surface area (Å²) in [7, 11) is -3.53. The molecule has 3 aromatic rings. The molecule has 0 saturated carbocycles. The zero-order valence-electron chi connectivity index (χ0n) is 14.3. The average molecular weight is 373 g/mol. The first-order valence-corrected chi connectivity index (χ1v) is 10.7. The number of benzene rings is 2. The third-order valence-electron chi connectivity index (χ3n) is 4.73. The van der Waals surface area contributed by atoms with Crippen LogP contribution in [0.3, 0.4) is 0 Å². The molecule has 1 aromatic heterocycles. The molecule has 0 aliphatic carbocycles. The number of sulfonamides is 1. The van der Waals surface area contributed by atoms with Crippen molar-refractivity contribution in [2.75, 3.05) is 6.54 Å². The van der Waals surface area contributed by atoms with Crippen molar-refractivity contribution in [2.45, 2.75) is 37.6 Å². The van der Waals surface area contributed by atoms with Gasteiger partial charge in [0.05, 0.1) is 21.2 Å². The molecule has 1 atom stereocenters. The summed E-state index contributed by atoms with van der Waals surface area (Å²) in [4.78, 5) is 5.12. The van der Waals surface area contributed by atoms with Gasteiger partial charge in [0.2, 0.25) is 10.0 Å². The highest BCUT2D eigenvalue weighted by Crippen LogP contribution is 2.40. The maximum atomic E-state index is 13.3. The molecule has 2 heterocycles. The molecule has 25 heavy (non-hydrogen) atoms. The van der Waals surface area contributed by atoms with Crippen LogP contribution in [0.2, 0.25) is 0 Å². The molecule has 0 unspecified atom stereocenters. The van der Waals surface area contributed by atoms with E-state index in [-0.39, 0.29) is 6.04 Å². The van der Waals surface area contributed by atoms with Gasteiger partial charge in [-0.2, -0.15) is 4.31 Å². The quantitative estimate of drug-likeness (QED) is 0.683. The van der Waals surface area contributed by atoms with E-state index in [1.54, 1.807) is 21.7 Å². The molecule has 2 aromatic carbocycles. The zero-order valence-corrected chi connectivity index (χ0v) is 15.9. The van der Waals surface area contributed by atoms with Gasteiger partial charge in [0.25, 0.3) is 0 Å². The molecule has 6 heteroatoms. The monoisotopic (exact) mass is 372 g/mol. The molecule has 0 spiro atoms. The minimum Gasteiger partial charge on any atom is -0.239 e. The Balaban J connectivity index is 1.77. The molecule has 1 fully saturated rings. The summed E-state index contributed by atoms with van der Waals surface area (Å²) in [5, 5.41) is 0.896. The van der Waals surface area contributed by atoms with Crippen LogP contribution in [0.5, 0.6) is 0 Å². The summed E-state index contributed by atoms with van der Waals surface area (Å²) in [6, 6.07) is 13.4. The van der Waals surface area contributed by atoms with Crippen LogP contribution in [0.15, 0.2) is 47.4 Å². The Labute approximate surface area is 152 Å². The van der Waals surface area contributed by atoms with Gasteiger partial charge in [-0.3, -0.25) is 0 Å². The van der Waals surface area contributed by atoms with Crippen molar-refractivity contribution in [3.8, 4) is 0 Å². The Morgan fingerprint density at radius 2 is 1.96 bits per heavy atom. The third-order valence-corrected chi connectivity index (χ3v) is 7.92. The third kappa shape index (κ3) is 2.88. The van der Waals surface area contributed by atoms with Crippen molar-refractivity contribution in [3.63, 3.8) is 0 Å². The van der Waals surface area contributed by atoms with Gasteiger partial charge in [0.1, 0.15) is 5.01 Å². The molecule has 4 rings (SSSR count). The fourth-order valence-electron chi connectivity index (χ4n) is 3.42. The molecule has 0 bridgehead atoms. The van der Waals surface area contributed by atoms with E-state index in [9.17, 15) is 8.42 Å². The molecule has 130 valence electrons. The lowest BCUT2D eigenvalue weighted by Gasteiger charge is -2.23. The summed E-state index contributed by atoms with van der Waals surface area (Å²) in [5.41, 5.74) is 2.69. The molecular weight excluding hydrogens is 352 g/mol. The van der Waals surface area contributed by atoms with Crippen molar-refractivity contribution >= 4 is 31.6 Å². The average Bonchev–Trinajstić information content (AvgIpc) is 3.23. The standard InChI is InChI=1S/C19H20N2O2S2/c1-13-9-10-14(2)18(12-13)25(22,23)21-11-5-7-16(21)19-20-15-6-3-4-8-17(15)24-19/h3-4,6,8-10,12,16H,5,7,11H2,1-2H3/t16-/m0/s1. The summed E-state index contributed by atoms with van der Waals surface area (Å²) in [5.74, 6) is 0. The molecule has 4 nitrogen and oxygen atoms in total. The first-order chi connectivity index (χ1) is 12.0. The maximum absolute atomic E-state index is 13.3. The van der Waals surface area contributed by atoms with Crippen LogP contribution in [0.1, 0.15) is 35.0 Å². The number of hydrogen-bond donors (Lipinski definition) is 0. The Morgan fingerprint density at radius 1 is 1.16 bits per heavy atom. The van der Waals surface area contributed by atoms with Gasteiger partial charge < -0.3 is 0 Å². The van der Waals surface area contributed by atoms with Gasteiger partial charge in [0, 0.05) is 6.54 Å². The van der Waals surface area contributed by atoms with Gasteiger partial charge >= 0.3 is 0 Å². The van der Waals surface area contributed by atoms with Crippen molar-refractivity contribution in [1.82, 2.24) is 9.29 Å². The van der Waals surface area contributed by atoms with Crippen LogP contribution < -0.4 is 0 Å². The van der Waals surface area contributed by atoms with Crippen LogP contribution in [-0.2, 0) is 10.0 Å². The minimum atomic E-state index is -3.53. The van der Waals surface area contributed by atoms with E-state index in [0.29, 0.717) is 11.4 Å². The number of para-hydroxylation sites is 1. The summed E-state index contributed by atoms with van der Waals surface area (Å²) < 4.78 is 29.4. The largest absolute Gasteiger partial charge is 0.243 e. The lowest BCUT2D eigenvalue weighted by Crippen LogP contribution is -2.31. The number of nitrogens with zero attached hydrogens (tertiary/aromatic N) is 2. The molecule has 1 saturated heterocycles. The summed E-state index contributed by atoms with van der Waals surface area (Å²) in [6.45, 7) is 4.33. The topological polar surface area (TPSA) is 50.3 Å². The van der Waals surface area contributed by atoms with E-state index in [0.717, 1.165) is 39.2 Å². The lowest BCUT2D eigenvalue weighted by molar-refractivity contribution is 0.396. The molecular formula is C19H20N2O2S2. The first kappa shape index (κ1) is 16.7. The first-order valence-electron chi connectivity index (χ1n) is 8.41. The van der Waals surface area contributed by atoms with E-state index in [1.165, 1.54) is 0 Å². The Kier molecular flexibility index (Phi) is 4.14. The summed E-state index contributed by atoms with van der Waals surface area (Å²) >= 11 is 1.60. The van der Waals surface area contributed by atoms with E-state index in [2.05, 4.69) is 0 Å². The predicted molar refractivity (Wildman–Crippen MR) is 101 cm³/mol. The molecule has 0 amide bonds. The number of fused-ring (bicyclic) bond motifs is 1. The smallest absolute Gasteiger partial charge is 0.239 e. The van der Waals surface area contributed by atoms with Crippen LogP contribution in [0.25, 0.3) is 10.2 Å². The van der Waals surface area contributed by atoms with Gasteiger partial charge in [-0.25, -0.2) is 13.4 Å². The fourth-order valence-corrected chi connectivity index (χ4v) is 6.57. The van der Waals surface area contributed by atoms with Crippen LogP contribution in [-0.4, -0.2) is 24.3 Å². The van der Waals surface area contributed by atoms with Crippen LogP contribution in [0.4, 0.5) is 0 Å². The number of thiazole rings is 1. The van der Waals surface area contributed by atoms with Crippen molar-refractivity contribution < 1.29 is 8.42 Å². The maximum Gasteiger partial charge on any atom is 0.243 e. The predicted octanol–water partition coefficient (Wildman–Crippen LogP) is 4.44. The minimum absolute atomic E-state index is 0.165. The van der Waals surface area contributed by atoms with E-state index in [1.807, 2.05) is 50.2 Å². The number of aromatic nitrogens is 1. The second-order valence-corrected chi connectivity index (χ2v) is 9.48. The van der Waals surface area contributed by atoms with E-state index >= 15 is 0 Å². The van der Waals surface area contributed by atoms with Gasteiger partial charge in [0.15, 0.2) is 0 Å². The van der Waals surface area contributed by atoms with Crippen LogP contribution in [0, 0.1) is 13.8 Å². The van der Waals surface area contributed by atoms with E-state index < -0.39 is 10.0 Å². The van der Waals surface area contributed by atoms with E-state index in [4.69, 9.17) is 4.98 Å². The summed E-state index contributed by atoms with van der Waals surface area (Å²) in [6.07, 6.45) is 1.69. The van der Waals surface area contributed by atoms with Crippen molar-refractivity contribution in [3.05, 3.63) is 58.6 Å².